The summed E-state index contributed by atoms with van der Waals surface area (Å²) in [6.45, 7) is 6.54. The van der Waals surface area contributed by atoms with Crippen LogP contribution in [-0.4, -0.2) is 41.8 Å². The van der Waals surface area contributed by atoms with E-state index in [4.69, 9.17) is 4.74 Å². The first kappa shape index (κ1) is 18.0. The summed E-state index contributed by atoms with van der Waals surface area (Å²) in [5, 5.41) is 5.44. The summed E-state index contributed by atoms with van der Waals surface area (Å²) in [7, 11) is 0. The highest BCUT2D eigenvalue weighted by molar-refractivity contribution is 5.89. The van der Waals surface area contributed by atoms with Crippen LogP contribution in [0.25, 0.3) is 0 Å². The number of amides is 3. The standard InChI is InChI=1S/C17H24FN3O3/c1-17(2,3)24-16(23)21-9-7-13(8-10-21)19-15(22)20-14-6-4-5-12(18)11-14/h4-6,11,13H,7-10H2,1-3H3,(H2,19,20,22). The van der Waals surface area contributed by atoms with E-state index in [0.29, 0.717) is 31.6 Å². The third kappa shape index (κ3) is 5.72. The molecule has 6 nitrogen and oxygen atoms in total. The Bertz CT molecular complexity index is 593. The zero-order valence-electron chi connectivity index (χ0n) is 14.3. The van der Waals surface area contributed by atoms with Crippen molar-refractivity contribution in [1.29, 1.82) is 0 Å². The molecule has 1 aliphatic heterocycles. The second-order valence-electron chi connectivity index (χ2n) is 6.85. The van der Waals surface area contributed by atoms with Crippen molar-refractivity contribution < 1.29 is 18.7 Å². The number of benzene rings is 1. The van der Waals surface area contributed by atoms with E-state index in [1.54, 1.807) is 11.0 Å². The molecule has 1 saturated heterocycles. The molecule has 0 bridgehead atoms. The second kappa shape index (κ2) is 7.51. The Balaban J connectivity index is 1.76. The molecule has 1 aromatic rings. The number of rotatable bonds is 2. The predicted molar refractivity (Wildman–Crippen MR) is 89.4 cm³/mol. The van der Waals surface area contributed by atoms with Gasteiger partial charge in [-0.25, -0.2) is 14.0 Å². The fourth-order valence-electron chi connectivity index (χ4n) is 2.45. The Hall–Kier alpha value is -2.31. The molecule has 0 aliphatic carbocycles. The maximum atomic E-state index is 13.1. The van der Waals surface area contributed by atoms with Gasteiger partial charge in [-0.2, -0.15) is 0 Å². The number of nitrogens with zero attached hydrogens (tertiary/aromatic N) is 1. The van der Waals surface area contributed by atoms with Crippen molar-refractivity contribution in [3.05, 3.63) is 30.1 Å². The van der Waals surface area contributed by atoms with E-state index in [2.05, 4.69) is 10.6 Å². The molecule has 1 aliphatic rings. The Morgan fingerprint density at radius 2 is 1.92 bits per heavy atom. The Labute approximate surface area is 141 Å². The fraction of sp³-hybridized carbons (Fsp3) is 0.529. The van der Waals surface area contributed by atoms with E-state index < -0.39 is 11.4 Å². The van der Waals surface area contributed by atoms with Gasteiger partial charge in [0.25, 0.3) is 0 Å². The number of hydrogen-bond donors (Lipinski definition) is 2. The lowest BCUT2D eigenvalue weighted by Crippen LogP contribution is -2.48. The first-order valence-corrected chi connectivity index (χ1v) is 8.04. The van der Waals surface area contributed by atoms with Crippen LogP contribution < -0.4 is 10.6 Å². The number of hydrogen-bond acceptors (Lipinski definition) is 3. The molecule has 3 amide bonds. The van der Waals surface area contributed by atoms with Gasteiger partial charge in [-0.3, -0.25) is 0 Å². The molecule has 24 heavy (non-hydrogen) atoms. The molecular formula is C17H24FN3O3. The van der Waals surface area contributed by atoms with E-state index in [1.165, 1.54) is 18.2 Å². The number of anilines is 1. The Morgan fingerprint density at radius 3 is 2.50 bits per heavy atom. The van der Waals surface area contributed by atoms with Crippen molar-refractivity contribution in [2.24, 2.45) is 0 Å². The van der Waals surface area contributed by atoms with Gasteiger partial charge in [-0.05, 0) is 51.8 Å². The molecule has 1 heterocycles. The zero-order valence-corrected chi connectivity index (χ0v) is 14.3. The van der Waals surface area contributed by atoms with Crippen LogP contribution in [0.3, 0.4) is 0 Å². The van der Waals surface area contributed by atoms with E-state index in [1.807, 2.05) is 20.8 Å². The van der Waals surface area contributed by atoms with Crippen molar-refractivity contribution in [2.45, 2.75) is 45.3 Å². The first-order valence-electron chi connectivity index (χ1n) is 8.04. The van der Waals surface area contributed by atoms with E-state index in [9.17, 15) is 14.0 Å². The lowest BCUT2D eigenvalue weighted by Gasteiger charge is -2.33. The van der Waals surface area contributed by atoms with Gasteiger partial charge >= 0.3 is 12.1 Å². The zero-order chi connectivity index (χ0) is 17.7. The SMILES string of the molecule is CC(C)(C)OC(=O)N1CCC(NC(=O)Nc2cccc(F)c2)CC1. The van der Waals surface area contributed by atoms with E-state index in [0.717, 1.165) is 0 Å². The summed E-state index contributed by atoms with van der Waals surface area (Å²) in [5.41, 5.74) is -0.115. The average molecular weight is 337 g/mol. The largest absolute Gasteiger partial charge is 0.444 e. The van der Waals surface area contributed by atoms with Crippen LogP contribution >= 0.6 is 0 Å². The van der Waals surface area contributed by atoms with Crippen LogP contribution in [0.1, 0.15) is 33.6 Å². The minimum atomic E-state index is -0.517. The van der Waals surface area contributed by atoms with E-state index in [-0.39, 0.29) is 18.2 Å². The smallest absolute Gasteiger partial charge is 0.410 e. The summed E-state index contributed by atoms with van der Waals surface area (Å²) in [4.78, 5) is 25.6. The minimum Gasteiger partial charge on any atom is -0.444 e. The lowest BCUT2D eigenvalue weighted by atomic mass is 10.1. The van der Waals surface area contributed by atoms with Crippen LogP contribution in [-0.2, 0) is 4.74 Å². The van der Waals surface area contributed by atoms with Crippen molar-refractivity contribution in [1.82, 2.24) is 10.2 Å². The number of nitrogens with one attached hydrogen (secondary N) is 2. The summed E-state index contributed by atoms with van der Waals surface area (Å²) in [6, 6.07) is 5.31. The van der Waals surface area contributed by atoms with Gasteiger partial charge < -0.3 is 20.3 Å². The lowest BCUT2D eigenvalue weighted by molar-refractivity contribution is 0.0202. The van der Waals surface area contributed by atoms with Gasteiger partial charge in [-0.1, -0.05) is 6.07 Å². The molecule has 2 rings (SSSR count). The van der Waals surface area contributed by atoms with Crippen LogP contribution in [0.4, 0.5) is 19.7 Å². The predicted octanol–water partition coefficient (Wildman–Crippen LogP) is 3.35. The highest BCUT2D eigenvalue weighted by Crippen LogP contribution is 2.16. The molecule has 7 heteroatoms. The number of ether oxygens (including phenoxy) is 1. The third-order valence-corrected chi connectivity index (χ3v) is 3.56. The van der Waals surface area contributed by atoms with Gasteiger partial charge in [0.2, 0.25) is 0 Å². The van der Waals surface area contributed by atoms with E-state index >= 15 is 0 Å². The highest BCUT2D eigenvalue weighted by atomic mass is 19.1. The molecule has 1 fully saturated rings. The highest BCUT2D eigenvalue weighted by Gasteiger charge is 2.27. The number of carbonyl (C=O) groups excluding carboxylic acids is 2. The average Bonchev–Trinajstić information content (AvgIpc) is 2.46. The molecule has 2 N–H and O–H groups in total. The Morgan fingerprint density at radius 1 is 1.25 bits per heavy atom. The topological polar surface area (TPSA) is 70.7 Å². The van der Waals surface area contributed by atoms with Gasteiger partial charge in [0, 0.05) is 24.8 Å². The van der Waals surface area contributed by atoms with Crippen LogP contribution in [0.5, 0.6) is 0 Å². The normalized spacial score (nSPS) is 15.8. The molecule has 0 saturated carbocycles. The first-order chi connectivity index (χ1) is 11.2. The van der Waals surface area contributed by atoms with Crippen molar-refractivity contribution in [3.63, 3.8) is 0 Å². The molecule has 0 aromatic heterocycles. The molecule has 0 spiro atoms. The minimum absolute atomic E-state index is 0.0303. The summed E-state index contributed by atoms with van der Waals surface area (Å²) in [6.07, 6.45) is 0.969. The number of likely N-dealkylation sites (tertiary alicyclic amines) is 1. The van der Waals surface area contributed by atoms with Crippen LogP contribution in [0, 0.1) is 5.82 Å². The van der Waals surface area contributed by atoms with Gasteiger partial charge in [0.05, 0.1) is 0 Å². The molecule has 0 radical (unpaired) electrons. The second-order valence-corrected chi connectivity index (χ2v) is 6.85. The van der Waals surface area contributed by atoms with Crippen LogP contribution in [0.2, 0.25) is 0 Å². The molecule has 1 aromatic carbocycles. The summed E-state index contributed by atoms with van der Waals surface area (Å²) < 4.78 is 18.4. The summed E-state index contributed by atoms with van der Waals surface area (Å²) >= 11 is 0. The fourth-order valence-corrected chi connectivity index (χ4v) is 2.45. The van der Waals surface area contributed by atoms with Crippen molar-refractivity contribution >= 4 is 17.8 Å². The molecule has 0 atom stereocenters. The number of urea groups is 1. The van der Waals surface area contributed by atoms with Gasteiger partial charge in [0.15, 0.2) is 0 Å². The number of carbonyl (C=O) groups is 2. The van der Waals surface area contributed by atoms with Gasteiger partial charge in [-0.15, -0.1) is 0 Å². The molecular weight excluding hydrogens is 313 g/mol. The van der Waals surface area contributed by atoms with Crippen molar-refractivity contribution in [3.8, 4) is 0 Å². The van der Waals surface area contributed by atoms with Gasteiger partial charge in [0.1, 0.15) is 11.4 Å². The summed E-state index contributed by atoms with van der Waals surface area (Å²) in [5.74, 6) is -0.404. The molecule has 0 unspecified atom stereocenters. The monoisotopic (exact) mass is 337 g/mol. The third-order valence-electron chi connectivity index (χ3n) is 3.56. The number of piperidine rings is 1. The number of halogens is 1. The van der Waals surface area contributed by atoms with Crippen molar-refractivity contribution in [2.75, 3.05) is 18.4 Å². The van der Waals surface area contributed by atoms with Crippen LogP contribution in [0.15, 0.2) is 24.3 Å². The Kier molecular flexibility index (Phi) is 5.64. The maximum Gasteiger partial charge on any atom is 0.410 e. The quantitative estimate of drug-likeness (QED) is 0.869. The maximum absolute atomic E-state index is 13.1. The molecule has 132 valence electrons.